The van der Waals surface area contributed by atoms with E-state index in [0.29, 0.717) is 6.54 Å². The van der Waals surface area contributed by atoms with Gasteiger partial charge in [-0.25, -0.2) is 0 Å². The van der Waals surface area contributed by atoms with Crippen molar-refractivity contribution >= 4 is 5.97 Å². The smallest absolute Gasteiger partial charge is 0.304 e. The molecule has 3 heteroatoms. The van der Waals surface area contributed by atoms with Crippen molar-refractivity contribution in [2.75, 3.05) is 6.54 Å². The molecule has 0 aromatic rings. The predicted molar refractivity (Wildman–Crippen MR) is 46.7 cm³/mol. The number of carboxylic acids is 1. The number of rotatable bonds is 3. The first kappa shape index (κ1) is 13.1. The number of aliphatic carboxylic acids is 1. The number of hydrogen-bond acceptors (Lipinski definition) is 2. The van der Waals surface area contributed by atoms with Crippen molar-refractivity contribution in [1.29, 1.82) is 0 Å². The summed E-state index contributed by atoms with van der Waals surface area (Å²) in [5, 5.41) is 11.3. The second-order valence-corrected chi connectivity index (χ2v) is 3.32. The molecule has 0 aliphatic carbocycles. The standard InChI is InChI=1S/C7H15NO2.CH4/c1-7(2,3)8-5-4-6(9)10;/h8H,4-5H2,1-3H3,(H,9,10);1H4. The Morgan fingerprint density at radius 3 is 2.18 bits per heavy atom. The van der Waals surface area contributed by atoms with Crippen molar-refractivity contribution in [3.05, 3.63) is 0 Å². The average Bonchev–Trinajstić information content (AvgIpc) is 1.59. The number of nitrogens with one attached hydrogen (secondary N) is 1. The van der Waals surface area contributed by atoms with Crippen LogP contribution in [-0.4, -0.2) is 23.2 Å². The van der Waals surface area contributed by atoms with Gasteiger partial charge in [-0.3, -0.25) is 4.79 Å². The van der Waals surface area contributed by atoms with Gasteiger partial charge in [0.05, 0.1) is 6.42 Å². The molecule has 0 saturated heterocycles. The van der Waals surface area contributed by atoms with Gasteiger partial charge in [-0.2, -0.15) is 0 Å². The van der Waals surface area contributed by atoms with Crippen molar-refractivity contribution in [2.24, 2.45) is 0 Å². The SMILES string of the molecule is C.CC(C)(C)NCCC(=O)O. The molecule has 2 N–H and O–H groups in total. The number of carbonyl (C=O) groups is 1. The zero-order chi connectivity index (χ0) is 8.20. The summed E-state index contributed by atoms with van der Waals surface area (Å²) < 4.78 is 0. The topological polar surface area (TPSA) is 49.3 Å². The summed E-state index contributed by atoms with van der Waals surface area (Å²) in [6, 6.07) is 0. The van der Waals surface area contributed by atoms with Crippen molar-refractivity contribution < 1.29 is 9.90 Å². The maximum Gasteiger partial charge on any atom is 0.304 e. The second kappa shape index (κ2) is 5.13. The Balaban J connectivity index is 0. The summed E-state index contributed by atoms with van der Waals surface area (Å²) in [5.74, 6) is -0.753. The Kier molecular flexibility index (Phi) is 6.09. The molecule has 11 heavy (non-hydrogen) atoms. The fourth-order valence-corrected chi connectivity index (χ4v) is 0.544. The Morgan fingerprint density at radius 1 is 1.45 bits per heavy atom. The van der Waals surface area contributed by atoms with Crippen molar-refractivity contribution in [2.45, 2.75) is 40.2 Å². The van der Waals surface area contributed by atoms with Crippen LogP contribution < -0.4 is 5.32 Å². The van der Waals surface area contributed by atoms with Crippen LogP contribution in [0.3, 0.4) is 0 Å². The minimum Gasteiger partial charge on any atom is -0.481 e. The molecule has 0 saturated carbocycles. The second-order valence-electron chi connectivity index (χ2n) is 3.32. The van der Waals surface area contributed by atoms with Crippen LogP contribution in [0, 0.1) is 0 Å². The molecule has 0 fully saturated rings. The molecule has 0 atom stereocenters. The summed E-state index contributed by atoms with van der Waals surface area (Å²) in [6.45, 7) is 6.57. The quantitative estimate of drug-likeness (QED) is 0.659. The summed E-state index contributed by atoms with van der Waals surface area (Å²) in [5.41, 5.74) is 0.0233. The molecule has 0 spiro atoms. The Bertz CT molecular complexity index is 116. The lowest BCUT2D eigenvalue weighted by atomic mass is 10.1. The highest BCUT2D eigenvalue weighted by atomic mass is 16.4. The highest BCUT2D eigenvalue weighted by molar-refractivity contribution is 5.66. The van der Waals surface area contributed by atoms with Crippen LogP contribution in [-0.2, 0) is 4.79 Å². The normalized spacial score (nSPS) is 10.5. The van der Waals surface area contributed by atoms with E-state index in [1.165, 1.54) is 0 Å². The fraction of sp³-hybridized carbons (Fsp3) is 0.875. The third-order valence-electron chi connectivity index (χ3n) is 0.994. The van der Waals surface area contributed by atoms with Crippen molar-refractivity contribution in [3.63, 3.8) is 0 Å². The molecular weight excluding hydrogens is 142 g/mol. The molecule has 0 aromatic carbocycles. The first-order valence-electron chi connectivity index (χ1n) is 3.38. The van der Waals surface area contributed by atoms with E-state index in [0.717, 1.165) is 0 Å². The lowest BCUT2D eigenvalue weighted by molar-refractivity contribution is -0.136. The molecule has 0 rings (SSSR count). The van der Waals surface area contributed by atoms with Gasteiger partial charge in [0.2, 0.25) is 0 Å². The van der Waals surface area contributed by atoms with Gasteiger partial charge in [0.15, 0.2) is 0 Å². The molecule has 0 unspecified atom stereocenters. The average molecular weight is 161 g/mol. The molecule has 0 aliphatic heterocycles. The van der Waals surface area contributed by atoms with E-state index in [-0.39, 0.29) is 19.4 Å². The van der Waals surface area contributed by atoms with Crippen LogP contribution in [0.2, 0.25) is 0 Å². The maximum atomic E-state index is 10.0. The highest BCUT2D eigenvalue weighted by Gasteiger charge is 2.08. The minimum atomic E-state index is -0.753. The van der Waals surface area contributed by atoms with E-state index in [9.17, 15) is 4.79 Å². The van der Waals surface area contributed by atoms with Crippen LogP contribution in [0.1, 0.15) is 34.6 Å². The molecular formula is C8H19NO2. The largest absolute Gasteiger partial charge is 0.481 e. The molecule has 0 aromatic heterocycles. The summed E-state index contributed by atoms with van der Waals surface area (Å²) in [6.07, 6.45) is 0.192. The number of carboxylic acid groups (broad SMARTS) is 1. The molecule has 68 valence electrons. The minimum absolute atomic E-state index is 0. The van der Waals surface area contributed by atoms with Crippen LogP contribution in [0.5, 0.6) is 0 Å². The fourth-order valence-electron chi connectivity index (χ4n) is 0.544. The van der Waals surface area contributed by atoms with Gasteiger partial charge >= 0.3 is 5.97 Å². The van der Waals surface area contributed by atoms with E-state index >= 15 is 0 Å². The van der Waals surface area contributed by atoms with Gasteiger partial charge in [0.25, 0.3) is 0 Å². The number of hydrogen-bond donors (Lipinski definition) is 2. The first-order valence-corrected chi connectivity index (χ1v) is 3.38. The predicted octanol–water partition coefficient (Wildman–Crippen LogP) is 1.49. The van der Waals surface area contributed by atoms with E-state index < -0.39 is 5.97 Å². The van der Waals surface area contributed by atoms with Gasteiger partial charge in [-0.15, -0.1) is 0 Å². The van der Waals surface area contributed by atoms with E-state index in [1.807, 2.05) is 20.8 Å². The molecule has 0 heterocycles. The van der Waals surface area contributed by atoms with E-state index in [1.54, 1.807) is 0 Å². The summed E-state index contributed by atoms with van der Waals surface area (Å²) >= 11 is 0. The zero-order valence-electron chi connectivity index (χ0n) is 6.77. The lowest BCUT2D eigenvalue weighted by Crippen LogP contribution is -2.37. The van der Waals surface area contributed by atoms with Gasteiger partial charge in [0.1, 0.15) is 0 Å². The van der Waals surface area contributed by atoms with E-state index in [4.69, 9.17) is 5.11 Å². The zero-order valence-corrected chi connectivity index (χ0v) is 6.77. The molecule has 0 radical (unpaired) electrons. The maximum absolute atomic E-state index is 10.0. The Hall–Kier alpha value is -0.570. The van der Waals surface area contributed by atoms with Crippen molar-refractivity contribution in [1.82, 2.24) is 5.32 Å². The summed E-state index contributed by atoms with van der Waals surface area (Å²) in [7, 11) is 0. The van der Waals surface area contributed by atoms with Gasteiger partial charge in [0, 0.05) is 12.1 Å². The molecule has 3 nitrogen and oxygen atoms in total. The first-order chi connectivity index (χ1) is 4.42. The summed E-state index contributed by atoms with van der Waals surface area (Å²) in [4.78, 5) is 10.0. The van der Waals surface area contributed by atoms with Gasteiger partial charge < -0.3 is 10.4 Å². The van der Waals surface area contributed by atoms with Crippen LogP contribution in [0.4, 0.5) is 0 Å². The van der Waals surface area contributed by atoms with Gasteiger partial charge in [-0.1, -0.05) is 7.43 Å². The third kappa shape index (κ3) is 12.6. The highest BCUT2D eigenvalue weighted by Crippen LogP contribution is 1.97. The third-order valence-corrected chi connectivity index (χ3v) is 0.994. The lowest BCUT2D eigenvalue weighted by Gasteiger charge is -2.19. The Morgan fingerprint density at radius 2 is 1.91 bits per heavy atom. The molecule has 0 bridgehead atoms. The van der Waals surface area contributed by atoms with Crippen LogP contribution >= 0.6 is 0 Å². The molecule has 0 aliphatic rings. The van der Waals surface area contributed by atoms with Crippen LogP contribution in [0.25, 0.3) is 0 Å². The Labute approximate surface area is 68.8 Å². The van der Waals surface area contributed by atoms with Gasteiger partial charge in [-0.05, 0) is 20.8 Å². The molecule has 0 amide bonds. The van der Waals surface area contributed by atoms with E-state index in [2.05, 4.69) is 5.32 Å². The monoisotopic (exact) mass is 161 g/mol. The van der Waals surface area contributed by atoms with Crippen molar-refractivity contribution in [3.8, 4) is 0 Å². The van der Waals surface area contributed by atoms with Crippen LogP contribution in [0.15, 0.2) is 0 Å².